The van der Waals surface area contributed by atoms with Gasteiger partial charge in [-0.3, -0.25) is 0 Å². The molecular formula is C13H21N3. The topological polar surface area (TPSA) is 27.3 Å². The van der Waals surface area contributed by atoms with Crippen molar-refractivity contribution in [1.82, 2.24) is 5.32 Å². The number of benzene rings is 1. The van der Waals surface area contributed by atoms with E-state index in [4.69, 9.17) is 0 Å². The van der Waals surface area contributed by atoms with Gasteiger partial charge >= 0.3 is 0 Å². The molecule has 0 unspecified atom stereocenters. The molecule has 0 spiro atoms. The second kappa shape index (κ2) is 5.21. The Balaban J connectivity index is 2.09. The van der Waals surface area contributed by atoms with Gasteiger partial charge in [0.2, 0.25) is 0 Å². The Morgan fingerprint density at radius 3 is 2.75 bits per heavy atom. The number of hydrogen-bond donors (Lipinski definition) is 2. The highest BCUT2D eigenvalue weighted by Crippen LogP contribution is 2.22. The first-order chi connectivity index (χ1) is 7.81. The van der Waals surface area contributed by atoms with Gasteiger partial charge in [0.1, 0.15) is 0 Å². The Bertz CT molecular complexity index is 332. The average molecular weight is 219 g/mol. The third-order valence-corrected chi connectivity index (χ3v) is 3.40. The summed E-state index contributed by atoms with van der Waals surface area (Å²) < 4.78 is 0. The molecule has 3 heteroatoms. The first kappa shape index (κ1) is 11.3. The van der Waals surface area contributed by atoms with Gasteiger partial charge in [0, 0.05) is 31.5 Å². The van der Waals surface area contributed by atoms with Crippen LogP contribution in [0.5, 0.6) is 0 Å². The number of nitrogens with one attached hydrogen (secondary N) is 2. The quantitative estimate of drug-likeness (QED) is 0.813. The molecule has 3 nitrogen and oxygen atoms in total. The molecule has 0 aromatic heterocycles. The molecule has 0 aliphatic carbocycles. The van der Waals surface area contributed by atoms with Crippen LogP contribution in [0.4, 0.5) is 11.4 Å². The summed E-state index contributed by atoms with van der Waals surface area (Å²) in [6, 6.07) is 9.28. The Kier molecular flexibility index (Phi) is 3.67. The summed E-state index contributed by atoms with van der Waals surface area (Å²) in [5, 5.41) is 6.59. The molecule has 16 heavy (non-hydrogen) atoms. The number of piperidine rings is 1. The fourth-order valence-electron chi connectivity index (χ4n) is 2.29. The van der Waals surface area contributed by atoms with E-state index in [1.165, 1.54) is 24.2 Å². The summed E-state index contributed by atoms with van der Waals surface area (Å²) >= 11 is 0. The molecule has 1 aromatic rings. The first-order valence-corrected chi connectivity index (χ1v) is 6.02. The van der Waals surface area contributed by atoms with E-state index in [0.717, 1.165) is 13.1 Å². The highest BCUT2D eigenvalue weighted by Gasteiger charge is 2.17. The van der Waals surface area contributed by atoms with Crippen LogP contribution >= 0.6 is 0 Å². The van der Waals surface area contributed by atoms with E-state index in [-0.39, 0.29) is 0 Å². The van der Waals surface area contributed by atoms with E-state index < -0.39 is 0 Å². The molecule has 0 amide bonds. The molecule has 88 valence electrons. The summed E-state index contributed by atoms with van der Waals surface area (Å²) in [5.74, 6) is 0. The molecule has 1 saturated heterocycles. The molecule has 0 bridgehead atoms. The average Bonchev–Trinajstić information content (AvgIpc) is 2.39. The summed E-state index contributed by atoms with van der Waals surface area (Å²) in [5.41, 5.74) is 2.48. The maximum absolute atomic E-state index is 3.40. The van der Waals surface area contributed by atoms with Crippen LogP contribution in [0.2, 0.25) is 0 Å². The molecule has 2 rings (SSSR count). The lowest BCUT2D eigenvalue weighted by Gasteiger charge is -2.33. The highest BCUT2D eigenvalue weighted by molar-refractivity contribution is 5.58. The SMILES string of the molecule is CNc1cccc(N(C)C2CCNCC2)c1. The Morgan fingerprint density at radius 2 is 2.06 bits per heavy atom. The van der Waals surface area contributed by atoms with Gasteiger partial charge in [-0.05, 0) is 44.1 Å². The van der Waals surface area contributed by atoms with Crippen LogP contribution in [0.25, 0.3) is 0 Å². The van der Waals surface area contributed by atoms with Gasteiger partial charge < -0.3 is 15.5 Å². The largest absolute Gasteiger partial charge is 0.388 e. The number of nitrogens with zero attached hydrogens (tertiary/aromatic N) is 1. The van der Waals surface area contributed by atoms with Crippen molar-refractivity contribution in [3.63, 3.8) is 0 Å². The van der Waals surface area contributed by atoms with Crippen molar-refractivity contribution in [2.75, 3.05) is 37.4 Å². The maximum Gasteiger partial charge on any atom is 0.0386 e. The van der Waals surface area contributed by atoms with E-state index in [9.17, 15) is 0 Å². The molecular weight excluding hydrogens is 198 g/mol. The van der Waals surface area contributed by atoms with Crippen LogP contribution in [0, 0.1) is 0 Å². The van der Waals surface area contributed by atoms with E-state index in [1.807, 2.05) is 7.05 Å². The summed E-state index contributed by atoms with van der Waals surface area (Å²) in [4.78, 5) is 2.40. The molecule has 1 heterocycles. The molecule has 0 radical (unpaired) electrons. The second-order valence-corrected chi connectivity index (χ2v) is 4.39. The maximum atomic E-state index is 3.40. The van der Waals surface area contributed by atoms with Crippen LogP contribution in [-0.4, -0.2) is 33.2 Å². The van der Waals surface area contributed by atoms with E-state index in [2.05, 4.69) is 46.8 Å². The summed E-state index contributed by atoms with van der Waals surface area (Å²) in [6.07, 6.45) is 2.47. The normalized spacial score (nSPS) is 17.1. The van der Waals surface area contributed by atoms with Crippen molar-refractivity contribution in [3.8, 4) is 0 Å². The second-order valence-electron chi connectivity index (χ2n) is 4.39. The van der Waals surface area contributed by atoms with E-state index in [0.29, 0.717) is 6.04 Å². The standard InChI is InChI=1S/C13H21N3/c1-14-11-4-3-5-13(10-11)16(2)12-6-8-15-9-7-12/h3-5,10,12,14-15H,6-9H2,1-2H3. The van der Waals surface area contributed by atoms with Crippen molar-refractivity contribution in [2.24, 2.45) is 0 Å². The minimum absolute atomic E-state index is 0.674. The zero-order valence-electron chi connectivity index (χ0n) is 10.2. The van der Waals surface area contributed by atoms with Crippen LogP contribution in [-0.2, 0) is 0 Å². The zero-order valence-corrected chi connectivity index (χ0v) is 10.2. The van der Waals surface area contributed by atoms with Gasteiger partial charge in [-0.25, -0.2) is 0 Å². The lowest BCUT2D eigenvalue weighted by Crippen LogP contribution is -2.41. The van der Waals surface area contributed by atoms with Gasteiger partial charge in [-0.2, -0.15) is 0 Å². The van der Waals surface area contributed by atoms with Crippen molar-refractivity contribution in [3.05, 3.63) is 24.3 Å². The van der Waals surface area contributed by atoms with Crippen LogP contribution in [0.15, 0.2) is 24.3 Å². The van der Waals surface area contributed by atoms with Crippen LogP contribution < -0.4 is 15.5 Å². The highest BCUT2D eigenvalue weighted by atomic mass is 15.1. The van der Waals surface area contributed by atoms with Crippen molar-refractivity contribution in [1.29, 1.82) is 0 Å². The summed E-state index contributed by atoms with van der Waals surface area (Å²) in [6.45, 7) is 2.28. The van der Waals surface area contributed by atoms with Crippen LogP contribution in [0.3, 0.4) is 0 Å². The van der Waals surface area contributed by atoms with Crippen molar-refractivity contribution >= 4 is 11.4 Å². The smallest absolute Gasteiger partial charge is 0.0386 e. The zero-order chi connectivity index (χ0) is 11.4. The molecule has 0 saturated carbocycles. The van der Waals surface area contributed by atoms with Gasteiger partial charge in [0.25, 0.3) is 0 Å². The lowest BCUT2D eigenvalue weighted by molar-refractivity contribution is 0.443. The van der Waals surface area contributed by atoms with Gasteiger partial charge in [-0.1, -0.05) is 6.07 Å². The Morgan fingerprint density at radius 1 is 1.31 bits per heavy atom. The molecule has 1 aromatic carbocycles. The van der Waals surface area contributed by atoms with Crippen molar-refractivity contribution in [2.45, 2.75) is 18.9 Å². The number of anilines is 2. The predicted molar refractivity (Wildman–Crippen MR) is 70.3 cm³/mol. The first-order valence-electron chi connectivity index (χ1n) is 6.02. The molecule has 1 aliphatic heterocycles. The van der Waals surface area contributed by atoms with Gasteiger partial charge in [0.05, 0.1) is 0 Å². The third-order valence-electron chi connectivity index (χ3n) is 3.40. The molecule has 2 N–H and O–H groups in total. The predicted octanol–water partition coefficient (Wildman–Crippen LogP) is 1.92. The molecule has 1 aliphatic rings. The third kappa shape index (κ3) is 2.47. The number of rotatable bonds is 3. The summed E-state index contributed by atoms with van der Waals surface area (Å²) in [7, 11) is 4.16. The monoisotopic (exact) mass is 219 g/mol. The van der Waals surface area contributed by atoms with Gasteiger partial charge in [-0.15, -0.1) is 0 Å². The van der Waals surface area contributed by atoms with Crippen molar-refractivity contribution < 1.29 is 0 Å². The fraction of sp³-hybridized carbons (Fsp3) is 0.538. The minimum atomic E-state index is 0.674. The van der Waals surface area contributed by atoms with Crippen LogP contribution in [0.1, 0.15) is 12.8 Å². The molecule has 0 atom stereocenters. The van der Waals surface area contributed by atoms with Gasteiger partial charge in [0.15, 0.2) is 0 Å². The lowest BCUT2D eigenvalue weighted by atomic mass is 10.0. The molecule has 1 fully saturated rings. The van der Waals surface area contributed by atoms with E-state index >= 15 is 0 Å². The minimum Gasteiger partial charge on any atom is -0.388 e. The fourth-order valence-corrected chi connectivity index (χ4v) is 2.29. The van der Waals surface area contributed by atoms with E-state index in [1.54, 1.807) is 0 Å². The number of hydrogen-bond acceptors (Lipinski definition) is 3. The Labute approximate surface area is 97.8 Å². The Hall–Kier alpha value is -1.22.